The molecule has 17 heavy (non-hydrogen) atoms. The van der Waals surface area contributed by atoms with Crippen molar-refractivity contribution in [2.75, 3.05) is 6.54 Å². The quantitative estimate of drug-likeness (QED) is 0.864. The molecular formula is C13H24N4. The van der Waals surface area contributed by atoms with Gasteiger partial charge in [0.05, 0.1) is 5.69 Å². The Morgan fingerprint density at radius 1 is 1.53 bits per heavy atom. The standard InChI is InChI=1S/C13H24N4/c1-3-17-12(7-8-15-17)10-16-9-5-4-6-13(16)11(2)14/h7-8,11,13H,3-6,9-10,14H2,1-2H3. The second-order valence-corrected chi connectivity index (χ2v) is 5.03. The number of hydrogen-bond donors (Lipinski definition) is 1. The molecule has 0 radical (unpaired) electrons. The van der Waals surface area contributed by atoms with Gasteiger partial charge in [-0.2, -0.15) is 5.10 Å². The van der Waals surface area contributed by atoms with E-state index in [-0.39, 0.29) is 6.04 Å². The van der Waals surface area contributed by atoms with E-state index >= 15 is 0 Å². The molecule has 1 aromatic rings. The number of aryl methyl sites for hydroxylation is 1. The van der Waals surface area contributed by atoms with E-state index in [4.69, 9.17) is 5.73 Å². The summed E-state index contributed by atoms with van der Waals surface area (Å²) in [6.07, 6.45) is 5.74. The van der Waals surface area contributed by atoms with Crippen LogP contribution in [-0.4, -0.2) is 33.3 Å². The molecule has 2 rings (SSSR count). The molecule has 1 aliphatic heterocycles. The topological polar surface area (TPSA) is 47.1 Å². The Hall–Kier alpha value is -0.870. The molecule has 0 spiro atoms. The van der Waals surface area contributed by atoms with Crippen LogP contribution in [0, 0.1) is 0 Å². The summed E-state index contributed by atoms with van der Waals surface area (Å²) in [6, 6.07) is 2.91. The van der Waals surface area contributed by atoms with Crippen molar-refractivity contribution in [1.82, 2.24) is 14.7 Å². The third-order valence-electron chi connectivity index (χ3n) is 3.74. The van der Waals surface area contributed by atoms with Gasteiger partial charge in [-0.25, -0.2) is 0 Å². The first-order chi connectivity index (χ1) is 8.22. The molecule has 1 aromatic heterocycles. The maximum atomic E-state index is 6.09. The van der Waals surface area contributed by atoms with Crippen LogP contribution in [0.25, 0.3) is 0 Å². The van der Waals surface area contributed by atoms with Crippen LogP contribution in [0.2, 0.25) is 0 Å². The van der Waals surface area contributed by atoms with Gasteiger partial charge in [0.25, 0.3) is 0 Å². The molecule has 0 amide bonds. The lowest BCUT2D eigenvalue weighted by atomic mass is 9.97. The summed E-state index contributed by atoms with van der Waals surface area (Å²) >= 11 is 0. The van der Waals surface area contributed by atoms with Gasteiger partial charge in [-0.05, 0) is 39.3 Å². The highest BCUT2D eigenvalue weighted by molar-refractivity contribution is 5.01. The van der Waals surface area contributed by atoms with E-state index < -0.39 is 0 Å². The van der Waals surface area contributed by atoms with Crippen LogP contribution in [0.15, 0.2) is 12.3 Å². The zero-order valence-electron chi connectivity index (χ0n) is 11.0. The van der Waals surface area contributed by atoms with Crippen molar-refractivity contribution in [2.45, 2.75) is 58.3 Å². The van der Waals surface area contributed by atoms with Gasteiger partial charge in [0.2, 0.25) is 0 Å². The monoisotopic (exact) mass is 236 g/mol. The Balaban J connectivity index is 2.05. The van der Waals surface area contributed by atoms with E-state index in [0.29, 0.717) is 6.04 Å². The lowest BCUT2D eigenvalue weighted by Crippen LogP contribution is -2.48. The van der Waals surface area contributed by atoms with E-state index in [9.17, 15) is 0 Å². The number of piperidine rings is 1. The molecule has 1 aliphatic rings. The van der Waals surface area contributed by atoms with Gasteiger partial charge >= 0.3 is 0 Å². The molecule has 1 saturated heterocycles. The lowest BCUT2D eigenvalue weighted by Gasteiger charge is -2.38. The molecule has 4 heteroatoms. The van der Waals surface area contributed by atoms with Crippen LogP contribution in [0.5, 0.6) is 0 Å². The van der Waals surface area contributed by atoms with Crippen molar-refractivity contribution >= 4 is 0 Å². The lowest BCUT2D eigenvalue weighted by molar-refractivity contribution is 0.119. The summed E-state index contributed by atoms with van der Waals surface area (Å²) in [6.45, 7) is 7.36. The summed E-state index contributed by atoms with van der Waals surface area (Å²) in [5.41, 5.74) is 7.40. The van der Waals surface area contributed by atoms with E-state index in [0.717, 1.165) is 13.1 Å². The van der Waals surface area contributed by atoms with Crippen LogP contribution in [0.4, 0.5) is 0 Å². The number of hydrogen-bond acceptors (Lipinski definition) is 3. The van der Waals surface area contributed by atoms with Crippen LogP contribution in [0.3, 0.4) is 0 Å². The van der Waals surface area contributed by atoms with Gasteiger partial charge < -0.3 is 5.73 Å². The fraction of sp³-hybridized carbons (Fsp3) is 0.769. The Morgan fingerprint density at radius 3 is 3.06 bits per heavy atom. The number of likely N-dealkylation sites (tertiary alicyclic amines) is 1. The Bertz CT molecular complexity index is 345. The Kier molecular flexibility index (Phi) is 4.18. The Labute approximate surface area is 104 Å². The van der Waals surface area contributed by atoms with Gasteiger partial charge in [-0.3, -0.25) is 9.58 Å². The van der Waals surface area contributed by atoms with Gasteiger partial charge in [-0.1, -0.05) is 6.42 Å². The molecule has 4 nitrogen and oxygen atoms in total. The summed E-state index contributed by atoms with van der Waals surface area (Å²) in [7, 11) is 0. The second-order valence-electron chi connectivity index (χ2n) is 5.03. The minimum atomic E-state index is 0.258. The van der Waals surface area contributed by atoms with Crippen LogP contribution < -0.4 is 5.73 Å². The van der Waals surface area contributed by atoms with Crippen molar-refractivity contribution in [3.05, 3.63) is 18.0 Å². The summed E-state index contributed by atoms with van der Waals surface area (Å²) in [5.74, 6) is 0. The molecule has 0 aliphatic carbocycles. The molecule has 2 N–H and O–H groups in total. The predicted molar refractivity (Wildman–Crippen MR) is 69.6 cm³/mol. The highest BCUT2D eigenvalue weighted by atomic mass is 15.3. The van der Waals surface area contributed by atoms with Crippen molar-refractivity contribution in [1.29, 1.82) is 0 Å². The van der Waals surface area contributed by atoms with Gasteiger partial charge in [0.1, 0.15) is 0 Å². The van der Waals surface area contributed by atoms with Gasteiger partial charge in [0, 0.05) is 31.4 Å². The summed E-state index contributed by atoms with van der Waals surface area (Å²) in [4.78, 5) is 2.53. The zero-order chi connectivity index (χ0) is 12.3. The maximum Gasteiger partial charge on any atom is 0.0524 e. The average molecular weight is 236 g/mol. The third-order valence-corrected chi connectivity index (χ3v) is 3.74. The van der Waals surface area contributed by atoms with Crippen molar-refractivity contribution in [3.63, 3.8) is 0 Å². The normalized spacial score (nSPS) is 23.8. The number of nitrogens with two attached hydrogens (primary N) is 1. The highest BCUT2D eigenvalue weighted by Gasteiger charge is 2.25. The van der Waals surface area contributed by atoms with Crippen LogP contribution in [0.1, 0.15) is 38.8 Å². The number of nitrogens with zero attached hydrogens (tertiary/aromatic N) is 3. The third kappa shape index (κ3) is 2.87. The first kappa shape index (κ1) is 12.6. The molecule has 96 valence electrons. The fourth-order valence-electron chi connectivity index (χ4n) is 2.80. The van der Waals surface area contributed by atoms with E-state index in [1.54, 1.807) is 0 Å². The SMILES string of the molecule is CCn1nccc1CN1CCCCC1C(C)N. The Morgan fingerprint density at radius 2 is 2.35 bits per heavy atom. The second kappa shape index (κ2) is 5.65. The van der Waals surface area contributed by atoms with Gasteiger partial charge in [0.15, 0.2) is 0 Å². The van der Waals surface area contributed by atoms with Crippen molar-refractivity contribution in [3.8, 4) is 0 Å². The van der Waals surface area contributed by atoms with Crippen molar-refractivity contribution in [2.24, 2.45) is 5.73 Å². The highest BCUT2D eigenvalue weighted by Crippen LogP contribution is 2.21. The van der Waals surface area contributed by atoms with Crippen LogP contribution in [-0.2, 0) is 13.1 Å². The van der Waals surface area contributed by atoms with E-state index in [1.165, 1.54) is 31.5 Å². The summed E-state index contributed by atoms with van der Waals surface area (Å²) in [5, 5.41) is 4.33. The smallest absolute Gasteiger partial charge is 0.0524 e. The molecule has 0 saturated carbocycles. The van der Waals surface area contributed by atoms with E-state index in [2.05, 4.69) is 34.6 Å². The predicted octanol–water partition coefficient (Wildman–Crippen LogP) is 1.60. The first-order valence-corrected chi connectivity index (χ1v) is 6.72. The minimum absolute atomic E-state index is 0.258. The molecule has 0 aromatic carbocycles. The van der Waals surface area contributed by atoms with Crippen LogP contribution >= 0.6 is 0 Å². The fourth-order valence-corrected chi connectivity index (χ4v) is 2.80. The molecule has 2 heterocycles. The molecular weight excluding hydrogens is 212 g/mol. The average Bonchev–Trinajstić information content (AvgIpc) is 2.77. The van der Waals surface area contributed by atoms with Crippen molar-refractivity contribution < 1.29 is 0 Å². The maximum absolute atomic E-state index is 6.09. The molecule has 0 bridgehead atoms. The number of rotatable bonds is 4. The summed E-state index contributed by atoms with van der Waals surface area (Å²) < 4.78 is 2.08. The largest absolute Gasteiger partial charge is 0.327 e. The minimum Gasteiger partial charge on any atom is -0.327 e. The molecule has 2 unspecified atom stereocenters. The molecule has 1 fully saturated rings. The number of aromatic nitrogens is 2. The molecule has 2 atom stereocenters. The van der Waals surface area contributed by atoms with Gasteiger partial charge in [-0.15, -0.1) is 0 Å². The van der Waals surface area contributed by atoms with E-state index in [1.807, 2.05) is 6.20 Å². The first-order valence-electron chi connectivity index (χ1n) is 6.72. The zero-order valence-corrected chi connectivity index (χ0v) is 11.0.